The fraction of sp³-hybridized carbons (Fsp3) is 0.429. The summed E-state index contributed by atoms with van der Waals surface area (Å²) < 4.78 is 28.0. The van der Waals surface area contributed by atoms with Crippen molar-refractivity contribution >= 4 is 31.9 Å². The van der Waals surface area contributed by atoms with E-state index >= 15 is 0 Å². The summed E-state index contributed by atoms with van der Waals surface area (Å²) in [5, 5.41) is 0. The number of piperidine rings is 1. The van der Waals surface area contributed by atoms with Gasteiger partial charge in [-0.25, -0.2) is 8.42 Å². The van der Waals surface area contributed by atoms with Gasteiger partial charge < -0.3 is 4.90 Å². The molecule has 0 bridgehead atoms. The second-order valence-electron chi connectivity index (χ2n) is 7.61. The molecule has 0 radical (unpaired) electrons. The molecule has 6 nitrogen and oxygen atoms in total. The summed E-state index contributed by atoms with van der Waals surface area (Å²) >= 11 is 3.46. The van der Waals surface area contributed by atoms with Crippen LogP contribution in [-0.2, 0) is 14.8 Å². The number of halogens is 1. The third-order valence-corrected chi connectivity index (χ3v) is 8.28. The lowest BCUT2D eigenvalue weighted by atomic mass is 9.95. The number of carbonyl (C=O) groups excluding carboxylic acids is 1. The largest absolute Gasteiger partial charge is 0.335 e. The van der Waals surface area contributed by atoms with Crippen LogP contribution in [0.1, 0.15) is 37.3 Å². The van der Waals surface area contributed by atoms with E-state index in [1.54, 1.807) is 18.3 Å². The van der Waals surface area contributed by atoms with Crippen LogP contribution >= 0.6 is 15.9 Å². The average molecular weight is 478 g/mol. The molecule has 1 atom stereocenters. The summed E-state index contributed by atoms with van der Waals surface area (Å²) in [6, 6.07) is 11.5. The highest BCUT2D eigenvalue weighted by atomic mass is 79.9. The average Bonchev–Trinajstić information content (AvgIpc) is 3.24. The van der Waals surface area contributed by atoms with E-state index in [1.807, 2.05) is 17.0 Å². The molecule has 1 aromatic carbocycles. The predicted molar refractivity (Wildman–Crippen MR) is 114 cm³/mol. The number of rotatable bonds is 4. The topological polar surface area (TPSA) is 70.6 Å². The number of hydrogen-bond donors (Lipinski definition) is 0. The summed E-state index contributed by atoms with van der Waals surface area (Å²) in [6.07, 6.45) is 6.02. The minimum atomic E-state index is -3.55. The van der Waals surface area contributed by atoms with Crippen molar-refractivity contribution in [2.24, 2.45) is 5.92 Å². The van der Waals surface area contributed by atoms with Gasteiger partial charge in [-0.05, 0) is 55.5 Å². The molecule has 4 rings (SSSR count). The van der Waals surface area contributed by atoms with Crippen molar-refractivity contribution in [1.29, 1.82) is 0 Å². The first kappa shape index (κ1) is 20.5. The molecule has 2 aromatic rings. The van der Waals surface area contributed by atoms with Crippen LogP contribution in [0.4, 0.5) is 0 Å². The van der Waals surface area contributed by atoms with Gasteiger partial charge in [-0.1, -0.05) is 28.1 Å². The van der Waals surface area contributed by atoms with Crippen LogP contribution in [0.5, 0.6) is 0 Å². The Kier molecular flexibility index (Phi) is 6.03. The molecule has 1 unspecified atom stereocenters. The van der Waals surface area contributed by atoms with Gasteiger partial charge in [0, 0.05) is 42.4 Å². The Morgan fingerprint density at radius 3 is 2.41 bits per heavy atom. The van der Waals surface area contributed by atoms with E-state index in [0.717, 1.165) is 29.4 Å². The van der Waals surface area contributed by atoms with E-state index in [2.05, 4.69) is 33.0 Å². The first-order valence-corrected chi connectivity index (χ1v) is 12.2. The molecule has 1 amide bonds. The molecule has 29 heavy (non-hydrogen) atoms. The monoisotopic (exact) mass is 477 g/mol. The molecule has 0 aliphatic carbocycles. The maximum atomic E-state index is 13.2. The van der Waals surface area contributed by atoms with Gasteiger partial charge in [-0.2, -0.15) is 4.31 Å². The molecule has 2 aliphatic rings. The fourth-order valence-corrected chi connectivity index (χ4v) is 5.99. The van der Waals surface area contributed by atoms with E-state index in [9.17, 15) is 13.2 Å². The van der Waals surface area contributed by atoms with Crippen molar-refractivity contribution in [3.63, 3.8) is 0 Å². The highest BCUT2D eigenvalue weighted by molar-refractivity contribution is 9.10. The Morgan fingerprint density at radius 2 is 1.76 bits per heavy atom. The van der Waals surface area contributed by atoms with Crippen LogP contribution in [0.3, 0.4) is 0 Å². The number of nitrogens with zero attached hydrogens (tertiary/aromatic N) is 3. The molecular formula is C21H24BrN3O3S. The van der Waals surface area contributed by atoms with Gasteiger partial charge in [0.15, 0.2) is 0 Å². The van der Waals surface area contributed by atoms with Gasteiger partial charge in [-0.3, -0.25) is 9.78 Å². The highest BCUT2D eigenvalue weighted by Gasteiger charge is 2.37. The van der Waals surface area contributed by atoms with Gasteiger partial charge >= 0.3 is 0 Å². The van der Waals surface area contributed by atoms with E-state index < -0.39 is 10.0 Å². The smallest absolute Gasteiger partial charge is 0.244 e. The van der Waals surface area contributed by atoms with E-state index in [0.29, 0.717) is 25.9 Å². The lowest BCUT2D eigenvalue weighted by Gasteiger charge is -2.34. The second kappa shape index (κ2) is 8.53. The number of benzene rings is 1. The summed E-state index contributed by atoms with van der Waals surface area (Å²) in [6.45, 7) is 1.50. The van der Waals surface area contributed by atoms with E-state index in [4.69, 9.17) is 0 Å². The molecule has 154 valence electrons. The van der Waals surface area contributed by atoms with Crippen LogP contribution < -0.4 is 0 Å². The van der Waals surface area contributed by atoms with Crippen LogP contribution in [0.2, 0.25) is 0 Å². The predicted octanol–water partition coefficient (Wildman–Crippen LogP) is 3.61. The van der Waals surface area contributed by atoms with Gasteiger partial charge in [0.2, 0.25) is 15.9 Å². The minimum Gasteiger partial charge on any atom is -0.335 e. The van der Waals surface area contributed by atoms with Crippen LogP contribution in [0.15, 0.2) is 58.2 Å². The number of sulfonamides is 1. The van der Waals surface area contributed by atoms with Gasteiger partial charge in [0.05, 0.1) is 6.04 Å². The van der Waals surface area contributed by atoms with Gasteiger partial charge in [0.25, 0.3) is 0 Å². The Labute approximate surface area is 180 Å². The van der Waals surface area contributed by atoms with Crippen molar-refractivity contribution in [2.75, 3.05) is 19.6 Å². The molecule has 1 aromatic heterocycles. The second-order valence-corrected chi connectivity index (χ2v) is 10.5. The standard InChI is InChI=1S/C21H24BrN3O3S/c22-18-7-5-16(6-8-18)20-4-2-12-25(20)21(26)17-9-13-24(14-10-17)29(27,28)19-3-1-11-23-15-19/h1,3,5-8,11,15,17,20H,2,4,9-10,12-14H2. The van der Waals surface area contributed by atoms with Crippen molar-refractivity contribution in [3.8, 4) is 0 Å². The van der Waals surface area contributed by atoms with Crippen molar-refractivity contribution < 1.29 is 13.2 Å². The SMILES string of the molecule is O=C(C1CCN(S(=O)(=O)c2cccnc2)CC1)N1CCCC1c1ccc(Br)cc1. The quantitative estimate of drug-likeness (QED) is 0.674. The molecule has 2 fully saturated rings. The van der Waals surface area contributed by atoms with Gasteiger partial charge in [0.1, 0.15) is 4.90 Å². The molecule has 2 saturated heterocycles. The molecule has 3 heterocycles. The maximum absolute atomic E-state index is 13.2. The summed E-state index contributed by atoms with van der Waals surface area (Å²) in [7, 11) is -3.55. The molecule has 2 aliphatic heterocycles. The Balaban J connectivity index is 1.42. The molecule has 0 spiro atoms. The zero-order valence-electron chi connectivity index (χ0n) is 16.1. The minimum absolute atomic E-state index is 0.118. The third-order valence-electron chi connectivity index (χ3n) is 5.87. The number of amides is 1. The molecule has 0 N–H and O–H groups in total. The molecule has 8 heteroatoms. The number of carbonyl (C=O) groups is 1. The summed E-state index contributed by atoms with van der Waals surface area (Å²) in [5.41, 5.74) is 1.16. The third kappa shape index (κ3) is 4.25. The molecule has 0 saturated carbocycles. The van der Waals surface area contributed by atoms with Crippen LogP contribution in [-0.4, -0.2) is 48.1 Å². The van der Waals surface area contributed by atoms with Crippen molar-refractivity contribution in [3.05, 3.63) is 58.8 Å². The van der Waals surface area contributed by atoms with E-state index in [-0.39, 0.29) is 22.8 Å². The zero-order valence-corrected chi connectivity index (χ0v) is 18.5. The van der Waals surface area contributed by atoms with Crippen molar-refractivity contribution in [2.45, 2.75) is 36.6 Å². The highest BCUT2D eigenvalue weighted by Crippen LogP contribution is 2.35. The van der Waals surface area contributed by atoms with E-state index in [1.165, 1.54) is 10.5 Å². The number of pyridine rings is 1. The lowest BCUT2D eigenvalue weighted by Crippen LogP contribution is -2.44. The fourth-order valence-electron chi connectivity index (χ4n) is 4.29. The first-order chi connectivity index (χ1) is 14.0. The Bertz CT molecular complexity index is 958. The molecular weight excluding hydrogens is 454 g/mol. The van der Waals surface area contributed by atoms with Crippen molar-refractivity contribution in [1.82, 2.24) is 14.2 Å². The Hall–Kier alpha value is -1.77. The maximum Gasteiger partial charge on any atom is 0.244 e. The number of aromatic nitrogens is 1. The first-order valence-electron chi connectivity index (χ1n) is 9.93. The Morgan fingerprint density at radius 1 is 1.03 bits per heavy atom. The number of hydrogen-bond acceptors (Lipinski definition) is 4. The summed E-state index contributed by atoms with van der Waals surface area (Å²) in [4.78, 5) is 19.3. The normalized spacial score (nSPS) is 21.4. The zero-order chi connectivity index (χ0) is 20.4. The lowest BCUT2D eigenvalue weighted by molar-refractivity contribution is -0.137. The van der Waals surface area contributed by atoms with Gasteiger partial charge in [-0.15, -0.1) is 0 Å². The van der Waals surface area contributed by atoms with Crippen LogP contribution in [0.25, 0.3) is 0 Å². The number of likely N-dealkylation sites (tertiary alicyclic amines) is 1. The summed E-state index contributed by atoms with van der Waals surface area (Å²) in [5.74, 6) is 0.0419. The van der Waals surface area contributed by atoms with Crippen LogP contribution in [0, 0.1) is 5.92 Å².